The fraction of sp³-hybridized carbons (Fsp3) is 0.633. The molecule has 70 heavy (non-hydrogen) atoms. The third kappa shape index (κ3) is 19.6. The lowest BCUT2D eigenvalue weighted by Crippen LogP contribution is -2.42. The van der Waals surface area contributed by atoms with Gasteiger partial charge >= 0.3 is 0 Å². The molecule has 2 aromatic carbocycles. The van der Waals surface area contributed by atoms with E-state index in [9.17, 15) is 74.7 Å². The van der Waals surface area contributed by atoms with E-state index in [1.807, 2.05) is 55.4 Å². The second-order valence-corrected chi connectivity index (χ2v) is 14.7. The summed E-state index contributed by atoms with van der Waals surface area (Å²) in [6.45, 7) is 20.1. The van der Waals surface area contributed by atoms with E-state index in [4.69, 9.17) is 0 Å². The molecule has 0 aromatic heterocycles. The van der Waals surface area contributed by atoms with Crippen molar-refractivity contribution in [2.45, 2.75) is 140 Å². The number of rotatable bonds is 26. The molecule has 6 amide bonds. The number of nitrogens with one attached hydrogen (secondary N) is 4. The van der Waals surface area contributed by atoms with Gasteiger partial charge in [0.05, 0.1) is 81.4 Å². The van der Waals surface area contributed by atoms with E-state index in [2.05, 4.69) is 21.3 Å². The summed E-state index contributed by atoms with van der Waals surface area (Å²) in [5, 5.41) is 98.6. The first-order valence-corrected chi connectivity index (χ1v) is 24.1. The molecule has 0 saturated heterocycles. The van der Waals surface area contributed by atoms with Crippen LogP contribution < -0.4 is 31.1 Å². The van der Waals surface area contributed by atoms with Gasteiger partial charge in [0.25, 0.3) is 23.6 Å². The Balaban J connectivity index is -0.00000532. The lowest BCUT2D eigenvalue weighted by atomic mass is 9.87. The monoisotopic (exact) mass is 999 g/mol. The van der Waals surface area contributed by atoms with Crippen molar-refractivity contribution >= 4 is 47.8 Å². The van der Waals surface area contributed by atoms with Crippen molar-refractivity contribution in [3.8, 4) is 0 Å². The zero-order chi connectivity index (χ0) is 55.0. The van der Waals surface area contributed by atoms with Crippen LogP contribution in [0.5, 0.6) is 0 Å². The molecule has 2 rings (SSSR count). The molecule has 4 atom stereocenters. The van der Waals surface area contributed by atoms with Gasteiger partial charge in [-0.15, -0.1) is 0 Å². The van der Waals surface area contributed by atoms with E-state index in [1.54, 1.807) is 13.8 Å². The highest BCUT2D eigenvalue weighted by molar-refractivity contribution is 6.08. The highest BCUT2D eigenvalue weighted by Crippen LogP contribution is 2.37. The van der Waals surface area contributed by atoms with E-state index in [-0.39, 0.29) is 106 Å². The fourth-order valence-electron chi connectivity index (χ4n) is 7.29. The fourth-order valence-corrected chi connectivity index (χ4v) is 7.29. The molecular weight excluding hydrogens is 913 g/mol. The minimum Gasteiger partial charge on any atom is -0.394 e. The van der Waals surface area contributed by atoms with E-state index < -0.39 is 93.7 Å². The molecule has 0 aliphatic carbocycles. The van der Waals surface area contributed by atoms with Crippen LogP contribution in [0.3, 0.4) is 0 Å². The summed E-state index contributed by atoms with van der Waals surface area (Å²) >= 11 is 0. The molecule has 0 radical (unpaired) electrons. The molecule has 0 aliphatic heterocycles. The van der Waals surface area contributed by atoms with Crippen LogP contribution in [0.2, 0.25) is 0 Å². The second-order valence-electron chi connectivity index (χ2n) is 14.7. The molecule has 0 spiro atoms. The Morgan fingerprint density at radius 1 is 0.429 bits per heavy atom. The molecule has 13 N–H and O–H groups in total. The number of nitrogens with zero attached hydrogens (tertiary/aromatic N) is 2. The normalized spacial score (nSPS) is 12.4. The van der Waals surface area contributed by atoms with E-state index >= 15 is 0 Å². The van der Waals surface area contributed by atoms with Crippen LogP contribution in [0.4, 0.5) is 11.4 Å². The maximum absolute atomic E-state index is 13.7. The van der Waals surface area contributed by atoms with Crippen molar-refractivity contribution in [3.63, 3.8) is 0 Å². The van der Waals surface area contributed by atoms with Crippen LogP contribution in [-0.4, -0.2) is 179 Å². The van der Waals surface area contributed by atoms with Crippen molar-refractivity contribution < 1.29 is 74.7 Å². The molecule has 0 bridgehead atoms. The van der Waals surface area contributed by atoms with Gasteiger partial charge in [-0.25, -0.2) is 0 Å². The molecule has 2 aromatic rings. The van der Waals surface area contributed by atoms with Gasteiger partial charge in [-0.2, -0.15) is 0 Å². The largest absolute Gasteiger partial charge is 0.394 e. The van der Waals surface area contributed by atoms with Gasteiger partial charge in [0, 0.05) is 48.4 Å². The van der Waals surface area contributed by atoms with Crippen molar-refractivity contribution in [2.24, 2.45) is 0 Å². The summed E-state index contributed by atoms with van der Waals surface area (Å²) in [7, 11) is 0. The molecule has 4 unspecified atom stereocenters. The zero-order valence-corrected chi connectivity index (χ0v) is 43.9. The van der Waals surface area contributed by atoms with Gasteiger partial charge in [-0.3, -0.25) is 28.8 Å². The molecule has 21 nitrogen and oxygen atoms in total. The molecule has 402 valence electrons. The first-order valence-electron chi connectivity index (χ1n) is 24.1. The van der Waals surface area contributed by atoms with Gasteiger partial charge in [0.2, 0.25) is 12.8 Å². The molecule has 0 aliphatic rings. The summed E-state index contributed by atoms with van der Waals surface area (Å²) in [5.41, 5.74) is 0.992. The van der Waals surface area contributed by atoms with Crippen LogP contribution in [0.15, 0.2) is 0 Å². The maximum atomic E-state index is 13.7. The average molecular weight is 999 g/mol. The smallest absolute Gasteiger partial charge is 0.252 e. The molecular formula is C49H86N6O15. The first kappa shape index (κ1) is 69.2. The quantitative estimate of drug-likeness (QED) is 0.0570. The maximum Gasteiger partial charge on any atom is 0.252 e. The topological polar surface area (TPSA) is 339 Å². The molecule has 21 heteroatoms. The van der Waals surface area contributed by atoms with Crippen molar-refractivity contribution in [1.82, 2.24) is 21.3 Å². The van der Waals surface area contributed by atoms with Crippen LogP contribution in [-0.2, 0) is 22.4 Å². The number of aliphatic hydroxyl groups excluding tert-OH is 9. The standard InChI is InChI=1S/C41H62N6O15.4C2H6/c1-7-30-34(40(61)44-11-27(56)17-50)21(3)32(38(59)42-9-25(54)15-48)23(5)36(30)46(19-52)13-29(58)14-47(20-53)37-24(6)33(39(60)43-10-26(55)16-49)22(4)35(31(37)8-2)41(62)45-12-28(57)18-51;4*1-2/h19-20,25-29,48-51,54-58H,7-18H2,1-6H3,(H,42,59)(H,43,60)(H,44,61)(H,45,62);4*1-2H3. The highest BCUT2D eigenvalue weighted by atomic mass is 16.3. The van der Waals surface area contributed by atoms with E-state index in [0.717, 1.165) is 9.80 Å². The average Bonchev–Trinajstić information content (AvgIpc) is 3.38. The van der Waals surface area contributed by atoms with Crippen LogP contribution in [0.25, 0.3) is 0 Å². The van der Waals surface area contributed by atoms with E-state index in [0.29, 0.717) is 12.8 Å². The number of aliphatic hydroxyl groups is 9. The van der Waals surface area contributed by atoms with Gasteiger partial charge < -0.3 is 77.0 Å². The number of hydrogen-bond acceptors (Lipinski definition) is 15. The summed E-state index contributed by atoms with van der Waals surface area (Å²) in [5.74, 6) is -3.10. The molecule has 0 heterocycles. The Hall–Kier alpha value is -5.10. The zero-order valence-electron chi connectivity index (χ0n) is 43.9. The number of anilines is 2. The van der Waals surface area contributed by atoms with Gasteiger partial charge in [0.1, 0.15) is 0 Å². The second kappa shape index (κ2) is 37.7. The molecule has 0 fully saturated rings. The predicted octanol–water partition coefficient (Wildman–Crippen LogP) is 0.469. The van der Waals surface area contributed by atoms with Crippen LogP contribution in [0.1, 0.15) is 144 Å². The lowest BCUT2D eigenvalue weighted by Gasteiger charge is -2.32. The number of carbonyl (C=O) groups excluding carboxylic acids is 6. The third-order valence-electron chi connectivity index (χ3n) is 10.2. The Kier molecular flexibility index (Phi) is 37.2. The van der Waals surface area contributed by atoms with Crippen molar-refractivity contribution in [1.29, 1.82) is 0 Å². The molecule has 0 saturated carbocycles. The van der Waals surface area contributed by atoms with Gasteiger partial charge in [0.15, 0.2) is 0 Å². The minimum absolute atomic E-state index is 0.0410. The first-order chi connectivity index (χ1) is 33.3. The summed E-state index contributed by atoms with van der Waals surface area (Å²) < 4.78 is 0. The Morgan fingerprint density at radius 2 is 0.657 bits per heavy atom. The van der Waals surface area contributed by atoms with E-state index in [1.165, 1.54) is 27.7 Å². The van der Waals surface area contributed by atoms with Gasteiger partial charge in [-0.05, 0) is 73.9 Å². The van der Waals surface area contributed by atoms with Crippen molar-refractivity contribution in [2.75, 3.05) is 75.5 Å². The predicted molar refractivity (Wildman–Crippen MR) is 271 cm³/mol. The Morgan fingerprint density at radius 3 is 0.857 bits per heavy atom. The number of hydrogen-bond donors (Lipinski definition) is 13. The number of carbonyl (C=O) groups is 6. The van der Waals surface area contributed by atoms with Gasteiger partial charge in [-0.1, -0.05) is 69.2 Å². The summed E-state index contributed by atoms with van der Waals surface area (Å²) in [4.78, 5) is 82.8. The minimum atomic E-state index is -1.59. The van der Waals surface area contributed by atoms with Crippen molar-refractivity contribution in [3.05, 3.63) is 55.6 Å². The SMILES string of the molecule is CC.CC.CC.CC.CCc1c(C(=O)NCC(O)CO)c(C)c(C(=O)NCC(O)CO)c(C)c1N(C=O)CC(O)CN(C=O)c1c(C)c(C(=O)NCC(O)CO)c(C)c(C(=O)NCC(O)CO)c1CC. The van der Waals surface area contributed by atoms with Crippen LogP contribution in [0, 0.1) is 27.7 Å². The Labute approximate surface area is 414 Å². The number of amides is 6. The Bertz CT molecular complexity index is 1780. The van der Waals surface area contributed by atoms with Crippen LogP contribution >= 0.6 is 0 Å². The summed E-state index contributed by atoms with van der Waals surface area (Å²) in [6.07, 6.45) is -5.99. The summed E-state index contributed by atoms with van der Waals surface area (Å²) in [6, 6.07) is 0. The highest BCUT2D eigenvalue weighted by Gasteiger charge is 2.32. The lowest BCUT2D eigenvalue weighted by molar-refractivity contribution is -0.108. The number of benzene rings is 2. The third-order valence-corrected chi connectivity index (χ3v) is 10.2.